The van der Waals surface area contributed by atoms with Crippen LogP contribution in [0.2, 0.25) is 0 Å². The van der Waals surface area contributed by atoms with Gasteiger partial charge in [0, 0.05) is 11.0 Å². The SMILES string of the molecule is CCNCc1ccc(S(=O)(=O)Nc2nncs2)c(Br)c1. The summed E-state index contributed by atoms with van der Waals surface area (Å²) in [5, 5.41) is 10.7. The second kappa shape index (κ2) is 6.61. The number of nitrogens with zero attached hydrogens (tertiary/aromatic N) is 2. The summed E-state index contributed by atoms with van der Waals surface area (Å²) in [6, 6.07) is 5.14. The predicted octanol–water partition coefficient (Wildman–Crippen LogP) is 2.21. The standard InChI is InChI=1S/C11H13BrN4O2S2/c1-2-13-6-8-3-4-10(9(12)5-8)20(17,18)16-11-15-14-7-19-11/h3-5,7,13H,2,6H2,1H3,(H,15,16). The number of nitrogens with one attached hydrogen (secondary N) is 2. The molecule has 108 valence electrons. The van der Waals surface area contributed by atoms with Crippen molar-refractivity contribution in [3.63, 3.8) is 0 Å². The van der Waals surface area contributed by atoms with Gasteiger partial charge in [0.25, 0.3) is 10.0 Å². The fourth-order valence-electron chi connectivity index (χ4n) is 1.53. The second-order valence-corrected chi connectivity index (χ2v) is 7.23. The molecule has 0 unspecified atom stereocenters. The van der Waals surface area contributed by atoms with E-state index >= 15 is 0 Å². The Kier molecular flexibility index (Phi) is 5.08. The lowest BCUT2D eigenvalue weighted by Crippen LogP contribution is -2.15. The average molecular weight is 377 g/mol. The Morgan fingerprint density at radius 3 is 2.80 bits per heavy atom. The minimum atomic E-state index is -3.66. The highest BCUT2D eigenvalue weighted by molar-refractivity contribution is 9.10. The van der Waals surface area contributed by atoms with Gasteiger partial charge >= 0.3 is 0 Å². The van der Waals surface area contributed by atoms with Gasteiger partial charge in [-0.25, -0.2) is 8.42 Å². The molecular formula is C11H13BrN4O2S2. The third-order valence-corrected chi connectivity index (χ3v) is 5.50. The molecule has 2 N–H and O–H groups in total. The van der Waals surface area contributed by atoms with Crippen molar-refractivity contribution in [1.29, 1.82) is 0 Å². The molecule has 0 bridgehead atoms. The summed E-state index contributed by atoms with van der Waals surface area (Å²) in [6.07, 6.45) is 0. The molecule has 0 aliphatic carbocycles. The van der Waals surface area contributed by atoms with E-state index in [9.17, 15) is 8.42 Å². The lowest BCUT2D eigenvalue weighted by atomic mass is 10.2. The zero-order chi connectivity index (χ0) is 14.6. The number of benzene rings is 1. The van der Waals surface area contributed by atoms with Crippen LogP contribution in [0.4, 0.5) is 5.13 Å². The lowest BCUT2D eigenvalue weighted by molar-refractivity contribution is 0.600. The van der Waals surface area contributed by atoms with E-state index in [0.717, 1.165) is 23.4 Å². The summed E-state index contributed by atoms with van der Waals surface area (Å²) >= 11 is 4.43. The first kappa shape index (κ1) is 15.4. The molecule has 0 amide bonds. The number of hydrogen-bond donors (Lipinski definition) is 2. The molecular weight excluding hydrogens is 364 g/mol. The zero-order valence-electron chi connectivity index (χ0n) is 10.6. The third kappa shape index (κ3) is 3.75. The van der Waals surface area contributed by atoms with E-state index in [1.807, 2.05) is 6.92 Å². The molecule has 0 saturated heterocycles. The maximum Gasteiger partial charge on any atom is 0.264 e. The molecule has 0 atom stereocenters. The van der Waals surface area contributed by atoms with Gasteiger partial charge in [-0.15, -0.1) is 10.2 Å². The Hall–Kier alpha value is -1.03. The first-order chi connectivity index (χ1) is 9.53. The molecule has 1 heterocycles. The molecule has 0 radical (unpaired) electrons. The van der Waals surface area contributed by atoms with E-state index < -0.39 is 10.0 Å². The smallest absolute Gasteiger partial charge is 0.264 e. The van der Waals surface area contributed by atoms with Crippen LogP contribution in [0.25, 0.3) is 0 Å². The topological polar surface area (TPSA) is 84.0 Å². The van der Waals surface area contributed by atoms with Gasteiger partial charge in [-0.05, 0) is 40.2 Å². The summed E-state index contributed by atoms with van der Waals surface area (Å²) in [7, 11) is -3.66. The van der Waals surface area contributed by atoms with E-state index in [4.69, 9.17) is 0 Å². The third-order valence-electron chi connectivity index (χ3n) is 2.45. The van der Waals surface area contributed by atoms with Crippen LogP contribution in [0.1, 0.15) is 12.5 Å². The summed E-state index contributed by atoms with van der Waals surface area (Å²) in [4.78, 5) is 0.174. The molecule has 9 heteroatoms. The number of rotatable bonds is 6. The summed E-state index contributed by atoms with van der Waals surface area (Å²) in [5.74, 6) is 0. The van der Waals surface area contributed by atoms with Crippen LogP contribution in [0, 0.1) is 0 Å². The van der Waals surface area contributed by atoms with Crippen LogP contribution >= 0.6 is 27.3 Å². The molecule has 0 spiro atoms. The first-order valence-corrected chi connectivity index (χ1v) is 8.96. The van der Waals surface area contributed by atoms with Crippen molar-refractivity contribution in [3.05, 3.63) is 33.7 Å². The Morgan fingerprint density at radius 1 is 1.40 bits per heavy atom. The van der Waals surface area contributed by atoms with E-state index in [1.54, 1.807) is 18.2 Å². The molecule has 6 nitrogen and oxygen atoms in total. The Labute approximate surface area is 129 Å². The monoisotopic (exact) mass is 376 g/mol. The summed E-state index contributed by atoms with van der Waals surface area (Å²) < 4.78 is 27.4. The largest absolute Gasteiger partial charge is 0.313 e. The van der Waals surface area contributed by atoms with E-state index in [-0.39, 0.29) is 10.0 Å². The van der Waals surface area contributed by atoms with Gasteiger partial charge in [-0.3, -0.25) is 4.72 Å². The van der Waals surface area contributed by atoms with Crippen LogP contribution in [-0.4, -0.2) is 25.2 Å². The first-order valence-electron chi connectivity index (χ1n) is 5.81. The van der Waals surface area contributed by atoms with Gasteiger partial charge < -0.3 is 5.32 Å². The van der Waals surface area contributed by atoms with Crippen molar-refractivity contribution in [3.8, 4) is 0 Å². The lowest BCUT2D eigenvalue weighted by Gasteiger charge is -2.09. The number of hydrogen-bond acceptors (Lipinski definition) is 6. The Balaban J connectivity index is 2.23. The zero-order valence-corrected chi connectivity index (χ0v) is 13.8. The highest BCUT2D eigenvalue weighted by Crippen LogP contribution is 2.25. The predicted molar refractivity (Wildman–Crippen MR) is 82.2 cm³/mol. The number of halogens is 1. The van der Waals surface area contributed by atoms with Crippen LogP contribution in [-0.2, 0) is 16.6 Å². The van der Waals surface area contributed by atoms with Crippen LogP contribution in [0.5, 0.6) is 0 Å². The van der Waals surface area contributed by atoms with Gasteiger partial charge in [0.15, 0.2) is 0 Å². The molecule has 0 aliphatic rings. The molecule has 20 heavy (non-hydrogen) atoms. The molecule has 0 saturated carbocycles. The fraction of sp³-hybridized carbons (Fsp3) is 0.273. The van der Waals surface area contributed by atoms with Crippen molar-refractivity contribution in [2.45, 2.75) is 18.4 Å². The second-order valence-electron chi connectivity index (χ2n) is 3.89. The Morgan fingerprint density at radius 2 is 2.20 bits per heavy atom. The number of aromatic nitrogens is 2. The molecule has 0 fully saturated rings. The molecule has 1 aromatic carbocycles. The highest BCUT2D eigenvalue weighted by Gasteiger charge is 2.19. The minimum absolute atomic E-state index is 0.174. The van der Waals surface area contributed by atoms with Crippen molar-refractivity contribution >= 4 is 42.4 Å². The summed E-state index contributed by atoms with van der Waals surface area (Å²) in [5.41, 5.74) is 2.47. The van der Waals surface area contributed by atoms with Crippen molar-refractivity contribution in [1.82, 2.24) is 15.5 Å². The number of anilines is 1. The van der Waals surface area contributed by atoms with Gasteiger partial charge in [-0.1, -0.05) is 24.3 Å². The molecule has 2 aromatic rings. The van der Waals surface area contributed by atoms with Gasteiger partial charge in [0.2, 0.25) is 5.13 Å². The number of sulfonamides is 1. The average Bonchev–Trinajstić information content (AvgIpc) is 2.88. The van der Waals surface area contributed by atoms with Crippen LogP contribution in [0.3, 0.4) is 0 Å². The minimum Gasteiger partial charge on any atom is -0.313 e. The maximum atomic E-state index is 12.2. The fourth-order valence-corrected chi connectivity index (χ4v) is 4.35. The van der Waals surface area contributed by atoms with Crippen molar-refractivity contribution in [2.24, 2.45) is 0 Å². The highest BCUT2D eigenvalue weighted by atomic mass is 79.9. The van der Waals surface area contributed by atoms with Gasteiger partial charge in [0.1, 0.15) is 10.4 Å². The van der Waals surface area contributed by atoms with Crippen LogP contribution in [0.15, 0.2) is 33.1 Å². The molecule has 0 aliphatic heterocycles. The quantitative estimate of drug-likeness (QED) is 0.807. The molecule has 1 aromatic heterocycles. The Bertz CT molecular complexity index is 674. The van der Waals surface area contributed by atoms with Crippen molar-refractivity contribution in [2.75, 3.05) is 11.3 Å². The molecule has 2 rings (SSSR count). The summed E-state index contributed by atoms with van der Waals surface area (Å²) in [6.45, 7) is 3.56. The van der Waals surface area contributed by atoms with Crippen molar-refractivity contribution < 1.29 is 8.42 Å². The normalized spacial score (nSPS) is 11.5. The van der Waals surface area contributed by atoms with Gasteiger partial charge in [0.05, 0.1) is 0 Å². The van der Waals surface area contributed by atoms with Crippen LogP contribution < -0.4 is 10.0 Å². The van der Waals surface area contributed by atoms with E-state index in [0.29, 0.717) is 11.0 Å². The van der Waals surface area contributed by atoms with Gasteiger partial charge in [-0.2, -0.15) is 0 Å². The van der Waals surface area contributed by atoms with E-state index in [1.165, 1.54) is 5.51 Å². The maximum absolute atomic E-state index is 12.2. The van der Waals surface area contributed by atoms with E-state index in [2.05, 4.69) is 36.2 Å².